The van der Waals surface area contributed by atoms with Crippen molar-refractivity contribution in [2.45, 2.75) is 51.0 Å². The zero-order valence-corrected chi connectivity index (χ0v) is 10.2. The maximum absolute atomic E-state index is 13.3. The van der Waals surface area contributed by atoms with Gasteiger partial charge in [0.05, 0.1) is 11.4 Å². The van der Waals surface area contributed by atoms with E-state index in [2.05, 4.69) is 5.32 Å². The second kappa shape index (κ2) is 5.89. The zero-order valence-electron chi connectivity index (χ0n) is 10.2. The SMILES string of the molecule is Nc1c(F)cccc1NC1CCCCCCC1. The van der Waals surface area contributed by atoms with Gasteiger partial charge in [0.2, 0.25) is 0 Å². The fraction of sp³-hybridized carbons (Fsp3) is 0.571. The molecule has 3 heteroatoms. The molecule has 1 fully saturated rings. The van der Waals surface area contributed by atoms with Crippen molar-refractivity contribution in [3.63, 3.8) is 0 Å². The smallest absolute Gasteiger partial charge is 0.148 e. The predicted octanol–water partition coefficient (Wildman–Crippen LogP) is 3.93. The van der Waals surface area contributed by atoms with Crippen molar-refractivity contribution in [3.8, 4) is 0 Å². The first-order valence-electron chi connectivity index (χ1n) is 6.58. The van der Waals surface area contributed by atoms with Gasteiger partial charge in [0, 0.05) is 6.04 Å². The highest BCUT2D eigenvalue weighted by molar-refractivity contribution is 5.66. The van der Waals surface area contributed by atoms with E-state index < -0.39 is 0 Å². The van der Waals surface area contributed by atoms with Crippen LogP contribution in [0, 0.1) is 5.82 Å². The Morgan fingerprint density at radius 1 is 1.06 bits per heavy atom. The molecule has 1 aliphatic rings. The number of nitrogens with one attached hydrogen (secondary N) is 1. The molecule has 94 valence electrons. The number of anilines is 2. The van der Waals surface area contributed by atoms with Crippen molar-refractivity contribution in [3.05, 3.63) is 24.0 Å². The predicted molar refractivity (Wildman–Crippen MR) is 70.5 cm³/mol. The number of benzene rings is 1. The molecule has 0 unspecified atom stereocenters. The highest BCUT2D eigenvalue weighted by atomic mass is 19.1. The number of halogens is 1. The summed E-state index contributed by atoms with van der Waals surface area (Å²) in [5.74, 6) is -0.333. The highest BCUT2D eigenvalue weighted by Gasteiger charge is 2.13. The van der Waals surface area contributed by atoms with Crippen LogP contribution >= 0.6 is 0 Å². The van der Waals surface area contributed by atoms with Crippen LogP contribution in [0.5, 0.6) is 0 Å². The van der Waals surface area contributed by atoms with E-state index >= 15 is 0 Å². The first-order valence-corrected chi connectivity index (χ1v) is 6.58. The van der Waals surface area contributed by atoms with Gasteiger partial charge >= 0.3 is 0 Å². The van der Waals surface area contributed by atoms with Gasteiger partial charge in [-0.3, -0.25) is 0 Å². The van der Waals surface area contributed by atoms with E-state index in [1.54, 1.807) is 6.07 Å². The summed E-state index contributed by atoms with van der Waals surface area (Å²) in [6.45, 7) is 0. The number of rotatable bonds is 2. The molecule has 0 saturated heterocycles. The van der Waals surface area contributed by atoms with Crippen LogP contribution in [0.15, 0.2) is 18.2 Å². The maximum Gasteiger partial charge on any atom is 0.148 e. The molecule has 3 N–H and O–H groups in total. The molecule has 0 bridgehead atoms. The lowest BCUT2D eigenvalue weighted by atomic mass is 9.96. The van der Waals surface area contributed by atoms with Crippen LogP contribution in [0.3, 0.4) is 0 Å². The van der Waals surface area contributed by atoms with Gasteiger partial charge in [-0.05, 0) is 25.0 Å². The van der Waals surface area contributed by atoms with Crippen LogP contribution in [0.4, 0.5) is 15.8 Å². The van der Waals surface area contributed by atoms with Crippen molar-refractivity contribution in [2.75, 3.05) is 11.1 Å². The molecule has 0 spiro atoms. The molecule has 2 rings (SSSR count). The fourth-order valence-corrected chi connectivity index (χ4v) is 2.48. The van der Waals surface area contributed by atoms with E-state index in [0.717, 1.165) is 18.5 Å². The fourth-order valence-electron chi connectivity index (χ4n) is 2.48. The van der Waals surface area contributed by atoms with Crippen LogP contribution in [0.1, 0.15) is 44.9 Å². The lowest BCUT2D eigenvalue weighted by Crippen LogP contribution is -2.21. The topological polar surface area (TPSA) is 38.0 Å². The molecule has 0 aromatic heterocycles. The Morgan fingerprint density at radius 2 is 1.71 bits per heavy atom. The Labute approximate surface area is 102 Å². The minimum Gasteiger partial charge on any atom is -0.395 e. The molecule has 1 aromatic carbocycles. The molecular formula is C14H21FN2. The summed E-state index contributed by atoms with van der Waals surface area (Å²) in [6, 6.07) is 5.41. The lowest BCUT2D eigenvalue weighted by Gasteiger charge is -2.23. The Morgan fingerprint density at radius 3 is 2.41 bits per heavy atom. The Balaban J connectivity index is 2.00. The van der Waals surface area contributed by atoms with E-state index in [1.807, 2.05) is 6.07 Å². The largest absolute Gasteiger partial charge is 0.395 e. The normalized spacial score (nSPS) is 18.4. The van der Waals surface area contributed by atoms with Gasteiger partial charge in [-0.25, -0.2) is 4.39 Å². The molecule has 1 saturated carbocycles. The molecule has 0 aliphatic heterocycles. The summed E-state index contributed by atoms with van der Waals surface area (Å²) in [7, 11) is 0. The Hall–Kier alpha value is -1.25. The third-order valence-electron chi connectivity index (χ3n) is 3.52. The molecular weight excluding hydrogens is 215 g/mol. The maximum atomic E-state index is 13.3. The third-order valence-corrected chi connectivity index (χ3v) is 3.52. The average Bonchev–Trinajstić information content (AvgIpc) is 2.28. The second-order valence-electron chi connectivity index (χ2n) is 4.89. The van der Waals surface area contributed by atoms with Gasteiger partial charge in [-0.1, -0.05) is 38.2 Å². The van der Waals surface area contributed by atoms with E-state index in [9.17, 15) is 4.39 Å². The van der Waals surface area contributed by atoms with Crippen molar-refractivity contribution in [1.82, 2.24) is 0 Å². The number of para-hydroxylation sites is 1. The summed E-state index contributed by atoms with van der Waals surface area (Å²) >= 11 is 0. The van der Waals surface area contributed by atoms with Gasteiger partial charge in [0.15, 0.2) is 0 Å². The zero-order chi connectivity index (χ0) is 12.1. The number of nitrogen functional groups attached to an aromatic ring is 1. The molecule has 0 heterocycles. The summed E-state index contributed by atoms with van der Waals surface area (Å²) < 4.78 is 13.3. The highest BCUT2D eigenvalue weighted by Crippen LogP contribution is 2.25. The third kappa shape index (κ3) is 3.35. The first-order chi connectivity index (χ1) is 8.27. The van der Waals surface area contributed by atoms with Gasteiger partial charge in [0.25, 0.3) is 0 Å². The lowest BCUT2D eigenvalue weighted by molar-refractivity contribution is 0.471. The van der Waals surface area contributed by atoms with Crippen molar-refractivity contribution in [2.24, 2.45) is 0 Å². The van der Waals surface area contributed by atoms with Gasteiger partial charge in [-0.2, -0.15) is 0 Å². The number of hydrogen-bond donors (Lipinski definition) is 2. The van der Waals surface area contributed by atoms with Crippen molar-refractivity contribution in [1.29, 1.82) is 0 Å². The Kier molecular flexibility index (Phi) is 4.24. The monoisotopic (exact) mass is 236 g/mol. The molecule has 17 heavy (non-hydrogen) atoms. The second-order valence-corrected chi connectivity index (χ2v) is 4.89. The summed E-state index contributed by atoms with van der Waals surface area (Å²) in [5, 5.41) is 3.39. The molecule has 2 nitrogen and oxygen atoms in total. The first kappa shape index (κ1) is 12.2. The van der Waals surface area contributed by atoms with Crippen LogP contribution in [0.2, 0.25) is 0 Å². The molecule has 0 amide bonds. The molecule has 0 atom stereocenters. The van der Waals surface area contributed by atoms with Crippen molar-refractivity contribution < 1.29 is 4.39 Å². The van der Waals surface area contributed by atoms with Gasteiger partial charge in [0.1, 0.15) is 5.82 Å². The van der Waals surface area contributed by atoms with Crippen molar-refractivity contribution >= 4 is 11.4 Å². The van der Waals surface area contributed by atoms with E-state index in [-0.39, 0.29) is 11.5 Å². The van der Waals surface area contributed by atoms with Crippen LogP contribution in [-0.4, -0.2) is 6.04 Å². The Bertz CT molecular complexity index is 357. The minimum absolute atomic E-state index is 0.245. The summed E-state index contributed by atoms with van der Waals surface area (Å²) in [6.07, 6.45) is 8.83. The van der Waals surface area contributed by atoms with E-state index in [4.69, 9.17) is 5.73 Å². The average molecular weight is 236 g/mol. The van der Waals surface area contributed by atoms with Crippen LogP contribution < -0.4 is 11.1 Å². The number of hydrogen-bond acceptors (Lipinski definition) is 2. The molecule has 1 aromatic rings. The summed E-state index contributed by atoms with van der Waals surface area (Å²) in [5.41, 5.74) is 6.72. The van der Waals surface area contributed by atoms with Crippen LogP contribution in [0.25, 0.3) is 0 Å². The van der Waals surface area contributed by atoms with Gasteiger partial charge < -0.3 is 11.1 Å². The van der Waals surface area contributed by atoms with Gasteiger partial charge in [-0.15, -0.1) is 0 Å². The molecule has 1 aliphatic carbocycles. The minimum atomic E-state index is -0.333. The number of nitrogens with two attached hydrogens (primary N) is 1. The van der Waals surface area contributed by atoms with E-state index in [1.165, 1.54) is 38.2 Å². The van der Waals surface area contributed by atoms with Crippen LogP contribution in [-0.2, 0) is 0 Å². The quantitative estimate of drug-likeness (QED) is 0.763. The molecule has 0 radical (unpaired) electrons. The standard InChI is InChI=1S/C14H21FN2/c15-12-9-6-10-13(14(12)16)17-11-7-4-2-1-3-5-8-11/h6,9-11,17H,1-5,7-8,16H2. The van der Waals surface area contributed by atoms with E-state index in [0.29, 0.717) is 6.04 Å². The summed E-state index contributed by atoms with van der Waals surface area (Å²) in [4.78, 5) is 0.